The van der Waals surface area contributed by atoms with Gasteiger partial charge in [0, 0.05) is 12.7 Å². The Morgan fingerprint density at radius 2 is 2.00 bits per heavy atom. The molecule has 0 amide bonds. The molecule has 0 aromatic heterocycles. The molecule has 0 aliphatic carbocycles. The van der Waals surface area contributed by atoms with Crippen LogP contribution in [0.4, 0.5) is 0 Å². The third-order valence-electron chi connectivity index (χ3n) is 1.95. The van der Waals surface area contributed by atoms with Crippen LogP contribution in [0, 0.1) is 0 Å². The second kappa shape index (κ2) is 4.35. The highest BCUT2D eigenvalue weighted by molar-refractivity contribution is 6.02. The zero-order valence-corrected chi connectivity index (χ0v) is 8.36. The van der Waals surface area contributed by atoms with Crippen molar-refractivity contribution < 1.29 is 14.6 Å². The molecule has 0 saturated carbocycles. The summed E-state index contributed by atoms with van der Waals surface area (Å²) in [6.45, 7) is 1.45. The fraction of sp³-hybridized carbons (Fsp3) is 0.364. The highest BCUT2D eigenvalue weighted by atomic mass is 16.5. The molecule has 0 spiro atoms. The minimum Gasteiger partial charge on any atom is -0.381 e. The number of carbonyl (C=O) groups excluding carboxylic acids is 1. The summed E-state index contributed by atoms with van der Waals surface area (Å²) in [6, 6.07) is 8.69. The molecule has 76 valence electrons. The number of aliphatic hydroxyl groups is 1. The van der Waals surface area contributed by atoms with Crippen molar-refractivity contribution in [3.63, 3.8) is 0 Å². The van der Waals surface area contributed by atoms with Crippen molar-refractivity contribution in [3.05, 3.63) is 35.9 Å². The lowest BCUT2D eigenvalue weighted by molar-refractivity contribution is -0.00377. The lowest BCUT2D eigenvalue weighted by Crippen LogP contribution is -2.39. The number of methoxy groups -OCH3 is 1. The minimum atomic E-state index is -1.45. The smallest absolute Gasteiger partial charge is 0.196 e. The van der Waals surface area contributed by atoms with Crippen LogP contribution in [-0.2, 0) is 4.74 Å². The van der Waals surface area contributed by atoms with Gasteiger partial charge in [-0.3, -0.25) is 4.79 Å². The van der Waals surface area contributed by atoms with Gasteiger partial charge >= 0.3 is 0 Å². The quantitative estimate of drug-likeness (QED) is 0.734. The van der Waals surface area contributed by atoms with Crippen LogP contribution in [0.1, 0.15) is 17.3 Å². The maximum absolute atomic E-state index is 11.7. The van der Waals surface area contributed by atoms with Gasteiger partial charge in [-0.05, 0) is 6.92 Å². The molecule has 1 unspecified atom stereocenters. The Morgan fingerprint density at radius 3 is 2.50 bits per heavy atom. The zero-order valence-electron chi connectivity index (χ0n) is 8.36. The normalized spacial score (nSPS) is 14.8. The second-order valence-corrected chi connectivity index (χ2v) is 3.40. The maximum Gasteiger partial charge on any atom is 0.196 e. The number of benzene rings is 1. The Bertz CT molecular complexity index is 304. The number of Topliss-reactive ketones (excluding diaryl/α,β-unsaturated/α-hetero) is 1. The fourth-order valence-electron chi connectivity index (χ4n) is 1.25. The number of carbonyl (C=O) groups is 1. The Labute approximate surface area is 83.3 Å². The molecule has 0 bridgehead atoms. The van der Waals surface area contributed by atoms with Crippen molar-refractivity contribution in [3.8, 4) is 0 Å². The third-order valence-corrected chi connectivity index (χ3v) is 1.95. The Balaban J connectivity index is 2.85. The number of hydrogen-bond acceptors (Lipinski definition) is 3. The number of rotatable bonds is 4. The van der Waals surface area contributed by atoms with Crippen molar-refractivity contribution in [2.24, 2.45) is 0 Å². The first-order valence-electron chi connectivity index (χ1n) is 4.39. The summed E-state index contributed by atoms with van der Waals surface area (Å²) in [5.41, 5.74) is -0.953. The molecular formula is C11H14O3. The van der Waals surface area contributed by atoms with Crippen LogP contribution in [0.3, 0.4) is 0 Å². The molecule has 0 heterocycles. The average molecular weight is 194 g/mol. The van der Waals surface area contributed by atoms with E-state index in [2.05, 4.69) is 0 Å². The Morgan fingerprint density at radius 1 is 1.43 bits per heavy atom. The van der Waals surface area contributed by atoms with Crippen molar-refractivity contribution in [1.82, 2.24) is 0 Å². The summed E-state index contributed by atoms with van der Waals surface area (Å²) in [5, 5.41) is 9.76. The van der Waals surface area contributed by atoms with Crippen molar-refractivity contribution in [2.45, 2.75) is 12.5 Å². The monoisotopic (exact) mass is 194 g/mol. The Kier molecular flexibility index (Phi) is 3.38. The first-order chi connectivity index (χ1) is 6.58. The summed E-state index contributed by atoms with van der Waals surface area (Å²) in [6.07, 6.45) is 0. The van der Waals surface area contributed by atoms with Gasteiger partial charge in [0.25, 0.3) is 0 Å². The van der Waals surface area contributed by atoms with Crippen LogP contribution in [0.2, 0.25) is 0 Å². The molecule has 0 radical (unpaired) electrons. The van der Waals surface area contributed by atoms with Gasteiger partial charge < -0.3 is 9.84 Å². The molecule has 3 heteroatoms. The van der Waals surface area contributed by atoms with Gasteiger partial charge in [-0.2, -0.15) is 0 Å². The molecule has 1 aromatic rings. The van der Waals surface area contributed by atoms with E-state index in [-0.39, 0.29) is 12.4 Å². The average Bonchev–Trinajstić information content (AvgIpc) is 2.18. The predicted octanol–water partition coefficient (Wildman–Crippen LogP) is 1.27. The lowest BCUT2D eigenvalue weighted by atomic mass is 9.96. The van der Waals surface area contributed by atoms with E-state index in [1.165, 1.54) is 14.0 Å². The summed E-state index contributed by atoms with van der Waals surface area (Å²) in [7, 11) is 1.45. The van der Waals surface area contributed by atoms with E-state index in [0.717, 1.165) is 0 Å². The molecule has 1 atom stereocenters. The van der Waals surface area contributed by atoms with Gasteiger partial charge in [-0.1, -0.05) is 30.3 Å². The largest absolute Gasteiger partial charge is 0.381 e. The highest BCUT2D eigenvalue weighted by Crippen LogP contribution is 2.13. The van der Waals surface area contributed by atoms with E-state index in [1.807, 2.05) is 6.07 Å². The van der Waals surface area contributed by atoms with Crippen molar-refractivity contribution >= 4 is 5.78 Å². The van der Waals surface area contributed by atoms with Gasteiger partial charge in [0.05, 0.1) is 6.61 Å². The SMILES string of the molecule is COCC(C)(O)C(=O)c1ccccc1. The molecule has 0 aliphatic heterocycles. The van der Waals surface area contributed by atoms with Crippen molar-refractivity contribution in [2.75, 3.05) is 13.7 Å². The number of ketones is 1. The molecule has 1 N–H and O–H groups in total. The van der Waals surface area contributed by atoms with E-state index in [0.29, 0.717) is 5.56 Å². The number of ether oxygens (including phenoxy) is 1. The van der Waals surface area contributed by atoms with E-state index in [1.54, 1.807) is 24.3 Å². The van der Waals surface area contributed by atoms with Gasteiger partial charge in [0.15, 0.2) is 5.78 Å². The highest BCUT2D eigenvalue weighted by Gasteiger charge is 2.30. The summed E-state index contributed by atoms with van der Waals surface area (Å²) >= 11 is 0. The molecule has 0 saturated heterocycles. The van der Waals surface area contributed by atoms with E-state index in [9.17, 15) is 9.90 Å². The fourth-order valence-corrected chi connectivity index (χ4v) is 1.25. The van der Waals surface area contributed by atoms with Crippen LogP contribution in [-0.4, -0.2) is 30.2 Å². The van der Waals surface area contributed by atoms with Crippen LogP contribution in [0.25, 0.3) is 0 Å². The van der Waals surface area contributed by atoms with E-state index >= 15 is 0 Å². The minimum absolute atomic E-state index is 0.000722. The van der Waals surface area contributed by atoms with Gasteiger partial charge in [-0.15, -0.1) is 0 Å². The van der Waals surface area contributed by atoms with Crippen molar-refractivity contribution in [1.29, 1.82) is 0 Å². The molecule has 1 rings (SSSR count). The van der Waals surface area contributed by atoms with Crippen LogP contribution < -0.4 is 0 Å². The summed E-state index contributed by atoms with van der Waals surface area (Å²) < 4.78 is 4.78. The van der Waals surface area contributed by atoms with Crippen LogP contribution in [0.5, 0.6) is 0 Å². The molecule has 1 aromatic carbocycles. The number of hydrogen-bond donors (Lipinski definition) is 1. The summed E-state index contributed by atoms with van der Waals surface area (Å²) in [5.74, 6) is -0.319. The topological polar surface area (TPSA) is 46.5 Å². The molecule has 0 fully saturated rings. The van der Waals surface area contributed by atoms with Crippen LogP contribution in [0.15, 0.2) is 30.3 Å². The molecule has 3 nitrogen and oxygen atoms in total. The van der Waals surface area contributed by atoms with Gasteiger partial charge in [0.1, 0.15) is 5.60 Å². The standard InChI is InChI=1S/C11H14O3/c1-11(13,8-14-2)10(12)9-6-4-3-5-7-9/h3-7,13H,8H2,1-2H3. The first-order valence-corrected chi connectivity index (χ1v) is 4.39. The third kappa shape index (κ3) is 2.40. The molecule has 0 aliphatic rings. The molecular weight excluding hydrogens is 180 g/mol. The van der Waals surface area contributed by atoms with Gasteiger partial charge in [-0.25, -0.2) is 0 Å². The Hall–Kier alpha value is -1.19. The second-order valence-electron chi connectivity index (χ2n) is 3.40. The van der Waals surface area contributed by atoms with Crippen LogP contribution >= 0.6 is 0 Å². The zero-order chi connectivity index (χ0) is 10.6. The summed E-state index contributed by atoms with van der Waals surface area (Å²) in [4.78, 5) is 11.7. The maximum atomic E-state index is 11.7. The lowest BCUT2D eigenvalue weighted by Gasteiger charge is -2.20. The molecule has 14 heavy (non-hydrogen) atoms. The van der Waals surface area contributed by atoms with E-state index in [4.69, 9.17) is 4.74 Å². The van der Waals surface area contributed by atoms with E-state index < -0.39 is 5.60 Å². The van der Waals surface area contributed by atoms with Gasteiger partial charge in [0.2, 0.25) is 0 Å². The first kappa shape index (κ1) is 10.9. The predicted molar refractivity (Wildman–Crippen MR) is 53.3 cm³/mol.